The van der Waals surface area contributed by atoms with Crippen LogP contribution in [0.1, 0.15) is 44.5 Å². The van der Waals surface area contributed by atoms with Gasteiger partial charge in [-0.15, -0.1) is 0 Å². The summed E-state index contributed by atoms with van der Waals surface area (Å²) in [6.07, 6.45) is 1.48. The zero-order chi connectivity index (χ0) is 17.9. The van der Waals surface area contributed by atoms with Crippen LogP contribution in [0.3, 0.4) is 0 Å². The third-order valence-corrected chi connectivity index (χ3v) is 5.80. The van der Waals surface area contributed by atoms with Gasteiger partial charge in [0, 0.05) is 19.4 Å². The van der Waals surface area contributed by atoms with Crippen molar-refractivity contribution in [3.8, 4) is 6.07 Å². The van der Waals surface area contributed by atoms with Crippen molar-refractivity contribution in [2.45, 2.75) is 58.4 Å². The Morgan fingerprint density at radius 3 is 2.58 bits per heavy atom. The second-order valence-electron chi connectivity index (χ2n) is 5.97. The largest absolute Gasteiger partial charge is 0.285 e. The maximum atomic E-state index is 11.6. The average molecular weight is 350 g/mol. The molecule has 6 nitrogen and oxygen atoms in total. The number of imidazole rings is 1. The Hall–Kier alpha value is -1.91. The fourth-order valence-electron chi connectivity index (χ4n) is 3.25. The monoisotopic (exact) mass is 350 g/mol. The van der Waals surface area contributed by atoms with Gasteiger partial charge in [0.2, 0.25) is 0 Å². The average Bonchev–Trinajstić information content (AvgIpc) is 2.80. The standard InChI is InChI=1S/C17H23N3O3S/c1-4-6-15(24(21,22)23)9-10-20-13(3)19(5-2)16-8-7-14(12-18)11-17(16)20/h7-8,11,15H,4-6,9-10H2,1-3H3/p+1/t15-/m1/s1. The fourth-order valence-corrected chi connectivity index (χ4v) is 4.19. The van der Waals surface area contributed by atoms with Crippen molar-refractivity contribution in [1.29, 1.82) is 5.26 Å². The smallest absolute Gasteiger partial charge is 0.267 e. The summed E-state index contributed by atoms with van der Waals surface area (Å²) < 4.78 is 36.7. The number of hydrogen-bond acceptors (Lipinski definition) is 3. The molecule has 0 aliphatic carbocycles. The molecule has 1 heterocycles. The van der Waals surface area contributed by atoms with E-state index in [1.54, 1.807) is 6.07 Å². The van der Waals surface area contributed by atoms with Crippen LogP contribution >= 0.6 is 0 Å². The van der Waals surface area contributed by atoms with Gasteiger partial charge in [-0.3, -0.25) is 4.55 Å². The molecule has 2 rings (SSSR count). The first-order valence-electron chi connectivity index (χ1n) is 8.22. The van der Waals surface area contributed by atoms with Crippen LogP contribution in [0.5, 0.6) is 0 Å². The minimum Gasteiger partial charge on any atom is -0.285 e. The van der Waals surface area contributed by atoms with E-state index in [1.807, 2.05) is 37.5 Å². The van der Waals surface area contributed by atoms with E-state index in [-0.39, 0.29) is 0 Å². The Morgan fingerprint density at radius 2 is 2.04 bits per heavy atom. The highest BCUT2D eigenvalue weighted by atomic mass is 32.2. The number of benzene rings is 1. The molecule has 1 atom stereocenters. The lowest BCUT2D eigenvalue weighted by Gasteiger charge is -2.12. The number of fused-ring (bicyclic) bond motifs is 1. The summed E-state index contributed by atoms with van der Waals surface area (Å²) in [5.41, 5.74) is 2.51. The summed E-state index contributed by atoms with van der Waals surface area (Å²) in [5.74, 6) is 1.01. The van der Waals surface area contributed by atoms with Crippen LogP contribution in [0, 0.1) is 18.3 Å². The predicted octanol–water partition coefficient (Wildman–Crippen LogP) is 2.58. The van der Waals surface area contributed by atoms with Gasteiger partial charge in [0.25, 0.3) is 15.9 Å². The van der Waals surface area contributed by atoms with E-state index < -0.39 is 15.4 Å². The summed E-state index contributed by atoms with van der Waals surface area (Å²) >= 11 is 0. The molecule has 7 heteroatoms. The SMILES string of the molecule is CCC[C@H](CCn1c(C)[n+](CC)c2ccc(C#N)cc21)S(=O)(=O)O. The highest BCUT2D eigenvalue weighted by Crippen LogP contribution is 2.19. The van der Waals surface area contributed by atoms with E-state index in [0.29, 0.717) is 31.4 Å². The minimum atomic E-state index is -4.05. The quantitative estimate of drug-likeness (QED) is 0.614. The van der Waals surface area contributed by atoms with Gasteiger partial charge in [0.1, 0.15) is 0 Å². The summed E-state index contributed by atoms with van der Waals surface area (Å²) in [4.78, 5) is 0. The number of nitrogens with zero attached hydrogens (tertiary/aromatic N) is 3. The van der Waals surface area contributed by atoms with Crippen molar-refractivity contribution in [2.24, 2.45) is 0 Å². The summed E-state index contributed by atoms with van der Waals surface area (Å²) in [5, 5.41) is 8.38. The molecule has 0 bridgehead atoms. The molecule has 0 spiro atoms. The van der Waals surface area contributed by atoms with E-state index in [4.69, 9.17) is 5.26 Å². The van der Waals surface area contributed by atoms with E-state index >= 15 is 0 Å². The Bertz CT molecular complexity index is 879. The second kappa shape index (κ2) is 7.32. The molecule has 0 fully saturated rings. The van der Waals surface area contributed by atoms with Crippen molar-refractivity contribution >= 4 is 21.2 Å². The summed E-state index contributed by atoms with van der Waals surface area (Å²) in [6.45, 7) is 7.20. The van der Waals surface area contributed by atoms with Crippen LogP contribution in [-0.2, 0) is 23.2 Å². The fraction of sp³-hybridized carbons (Fsp3) is 0.529. The van der Waals surface area contributed by atoms with Crippen molar-refractivity contribution in [1.82, 2.24) is 4.57 Å². The Labute approximate surface area is 143 Å². The van der Waals surface area contributed by atoms with Crippen LogP contribution in [-0.4, -0.2) is 22.8 Å². The highest BCUT2D eigenvalue weighted by Gasteiger charge is 2.26. The molecular formula is C17H24N3O3S+. The Balaban J connectivity index is 2.44. The molecule has 0 amide bonds. The van der Waals surface area contributed by atoms with E-state index in [2.05, 4.69) is 10.6 Å². The van der Waals surface area contributed by atoms with Gasteiger partial charge in [-0.05, 0) is 25.5 Å². The zero-order valence-electron chi connectivity index (χ0n) is 14.4. The maximum absolute atomic E-state index is 11.6. The first-order chi connectivity index (χ1) is 11.3. The van der Waals surface area contributed by atoms with Crippen molar-refractivity contribution in [3.05, 3.63) is 29.6 Å². The molecular weight excluding hydrogens is 326 g/mol. The van der Waals surface area contributed by atoms with Crippen molar-refractivity contribution in [3.63, 3.8) is 0 Å². The molecule has 24 heavy (non-hydrogen) atoms. The molecule has 0 unspecified atom stereocenters. The van der Waals surface area contributed by atoms with Crippen molar-refractivity contribution in [2.75, 3.05) is 0 Å². The number of aromatic nitrogens is 2. The van der Waals surface area contributed by atoms with Gasteiger partial charge in [0.05, 0.1) is 30.0 Å². The number of aryl methyl sites for hydroxylation is 2. The van der Waals surface area contributed by atoms with Crippen LogP contribution in [0.15, 0.2) is 18.2 Å². The lowest BCUT2D eigenvalue weighted by molar-refractivity contribution is -0.675. The third-order valence-electron chi connectivity index (χ3n) is 4.49. The molecule has 0 saturated carbocycles. The molecule has 2 aromatic rings. The Morgan fingerprint density at radius 1 is 1.33 bits per heavy atom. The lowest BCUT2D eigenvalue weighted by atomic mass is 10.2. The summed E-state index contributed by atoms with van der Waals surface area (Å²) in [6, 6.07) is 7.69. The lowest BCUT2D eigenvalue weighted by Crippen LogP contribution is -2.35. The van der Waals surface area contributed by atoms with E-state index in [1.165, 1.54) is 0 Å². The number of rotatable bonds is 7. The van der Waals surface area contributed by atoms with E-state index in [0.717, 1.165) is 23.4 Å². The van der Waals surface area contributed by atoms with Crippen LogP contribution in [0.25, 0.3) is 11.0 Å². The highest BCUT2D eigenvalue weighted by molar-refractivity contribution is 7.86. The van der Waals surface area contributed by atoms with Crippen LogP contribution in [0.2, 0.25) is 0 Å². The van der Waals surface area contributed by atoms with E-state index in [9.17, 15) is 13.0 Å². The molecule has 130 valence electrons. The number of nitriles is 1. The minimum absolute atomic E-state index is 0.345. The van der Waals surface area contributed by atoms with Crippen LogP contribution in [0.4, 0.5) is 0 Å². The Kier molecular flexibility index (Phi) is 5.62. The molecule has 0 saturated heterocycles. The third kappa shape index (κ3) is 3.60. The van der Waals surface area contributed by atoms with Crippen molar-refractivity contribution < 1.29 is 17.5 Å². The topological polar surface area (TPSA) is 87.0 Å². The molecule has 0 radical (unpaired) electrons. The summed E-state index contributed by atoms with van der Waals surface area (Å²) in [7, 11) is -4.05. The van der Waals surface area contributed by atoms with Gasteiger partial charge >= 0.3 is 0 Å². The number of hydrogen-bond donors (Lipinski definition) is 1. The zero-order valence-corrected chi connectivity index (χ0v) is 15.2. The van der Waals surface area contributed by atoms with Gasteiger partial charge in [-0.25, -0.2) is 9.13 Å². The predicted molar refractivity (Wildman–Crippen MR) is 92.1 cm³/mol. The van der Waals surface area contributed by atoms with Gasteiger partial charge in [-0.2, -0.15) is 13.7 Å². The molecule has 1 aromatic heterocycles. The maximum Gasteiger partial charge on any atom is 0.267 e. The first-order valence-corrected chi connectivity index (χ1v) is 9.72. The molecule has 1 N–H and O–H groups in total. The molecule has 1 aromatic carbocycles. The normalized spacial score (nSPS) is 13.1. The van der Waals surface area contributed by atoms with Gasteiger partial charge in [-0.1, -0.05) is 13.3 Å². The molecule has 0 aliphatic rings. The van der Waals surface area contributed by atoms with Crippen LogP contribution < -0.4 is 4.57 Å². The van der Waals surface area contributed by atoms with Gasteiger partial charge in [0.15, 0.2) is 11.0 Å². The van der Waals surface area contributed by atoms with Gasteiger partial charge < -0.3 is 0 Å². The second-order valence-corrected chi connectivity index (χ2v) is 7.67. The molecule has 0 aliphatic heterocycles. The first kappa shape index (κ1) is 18.4.